The number of hydrogen-bond donors (Lipinski definition) is 0. The fraction of sp³-hybridized carbons (Fsp3) is 0.300. The van der Waals surface area contributed by atoms with Gasteiger partial charge in [-0.1, -0.05) is 6.07 Å². The third-order valence-electron chi connectivity index (χ3n) is 4.31. The normalized spacial score (nSPS) is 16.7. The van der Waals surface area contributed by atoms with Gasteiger partial charge in [0.25, 0.3) is 0 Å². The number of carbonyl (C=O) groups excluding carboxylic acids is 1. The van der Waals surface area contributed by atoms with Crippen LogP contribution in [0.4, 0.5) is 0 Å². The Labute approximate surface area is 151 Å². The first-order valence-corrected chi connectivity index (χ1v) is 8.72. The van der Waals surface area contributed by atoms with Crippen molar-refractivity contribution in [3.63, 3.8) is 0 Å². The predicted molar refractivity (Wildman–Crippen MR) is 95.2 cm³/mol. The Bertz CT molecular complexity index is 849. The number of carbonyl (C=O) groups is 1. The molecule has 1 aliphatic heterocycles. The van der Waals surface area contributed by atoms with E-state index < -0.39 is 0 Å². The molecule has 1 unspecified atom stereocenters. The average Bonchev–Trinajstić information content (AvgIpc) is 3.34. The second-order valence-electron chi connectivity index (χ2n) is 6.24. The van der Waals surface area contributed by atoms with E-state index in [4.69, 9.17) is 14.2 Å². The minimum absolute atomic E-state index is 0.137. The molecule has 4 rings (SSSR count). The fourth-order valence-corrected chi connectivity index (χ4v) is 2.93. The Morgan fingerprint density at radius 1 is 1.23 bits per heavy atom. The van der Waals surface area contributed by atoms with Crippen molar-refractivity contribution in [2.45, 2.75) is 25.6 Å². The highest BCUT2D eigenvalue weighted by molar-refractivity contribution is 5.89. The summed E-state index contributed by atoms with van der Waals surface area (Å²) in [5.41, 5.74) is 2.02. The maximum absolute atomic E-state index is 12.2. The highest BCUT2D eigenvalue weighted by Gasteiger charge is 2.16. The SMILES string of the molecule is O=C(OCc1cn2ccccc2n1)c1ccc(OCC2CCCO2)cc1. The molecule has 0 saturated carbocycles. The molecule has 1 fully saturated rings. The summed E-state index contributed by atoms with van der Waals surface area (Å²) in [6, 6.07) is 12.7. The Hall–Kier alpha value is -2.86. The Balaban J connectivity index is 1.31. The van der Waals surface area contributed by atoms with Crippen LogP contribution in [0.1, 0.15) is 28.9 Å². The number of hydrogen-bond acceptors (Lipinski definition) is 5. The third kappa shape index (κ3) is 3.86. The molecule has 26 heavy (non-hydrogen) atoms. The molecule has 1 aromatic carbocycles. The molecule has 3 heterocycles. The van der Waals surface area contributed by atoms with Gasteiger partial charge in [0.2, 0.25) is 0 Å². The van der Waals surface area contributed by atoms with Gasteiger partial charge in [0, 0.05) is 19.0 Å². The first-order valence-electron chi connectivity index (χ1n) is 8.72. The van der Waals surface area contributed by atoms with E-state index in [0.29, 0.717) is 17.9 Å². The van der Waals surface area contributed by atoms with Gasteiger partial charge in [0.1, 0.15) is 24.6 Å². The molecule has 0 amide bonds. The van der Waals surface area contributed by atoms with Crippen molar-refractivity contribution < 1.29 is 19.0 Å². The van der Waals surface area contributed by atoms with Crippen molar-refractivity contribution >= 4 is 11.6 Å². The quantitative estimate of drug-likeness (QED) is 0.637. The molecule has 1 aliphatic rings. The lowest BCUT2D eigenvalue weighted by Crippen LogP contribution is -2.16. The van der Waals surface area contributed by atoms with Crippen LogP contribution in [0.15, 0.2) is 54.9 Å². The molecule has 1 atom stereocenters. The van der Waals surface area contributed by atoms with Crippen LogP contribution in [-0.2, 0) is 16.1 Å². The molecule has 6 heteroatoms. The largest absolute Gasteiger partial charge is 0.491 e. The molecular formula is C20H20N2O4. The van der Waals surface area contributed by atoms with Crippen LogP contribution in [0.3, 0.4) is 0 Å². The smallest absolute Gasteiger partial charge is 0.338 e. The van der Waals surface area contributed by atoms with E-state index in [2.05, 4.69) is 4.98 Å². The lowest BCUT2D eigenvalue weighted by Gasteiger charge is -2.11. The van der Waals surface area contributed by atoms with Gasteiger partial charge in [-0.05, 0) is 49.2 Å². The van der Waals surface area contributed by atoms with E-state index in [9.17, 15) is 4.79 Å². The molecule has 0 spiro atoms. The Morgan fingerprint density at radius 3 is 2.88 bits per heavy atom. The van der Waals surface area contributed by atoms with Crippen LogP contribution in [0, 0.1) is 0 Å². The molecule has 1 saturated heterocycles. The maximum Gasteiger partial charge on any atom is 0.338 e. The molecule has 134 valence electrons. The zero-order valence-corrected chi connectivity index (χ0v) is 14.3. The van der Waals surface area contributed by atoms with E-state index in [1.54, 1.807) is 24.3 Å². The summed E-state index contributed by atoms with van der Waals surface area (Å²) >= 11 is 0. The molecule has 2 aromatic heterocycles. The van der Waals surface area contributed by atoms with Gasteiger partial charge in [-0.15, -0.1) is 0 Å². The van der Waals surface area contributed by atoms with E-state index in [0.717, 1.165) is 30.8 Å². The van der Waals surface area contributed by atoms with Crippen LogP contribution in [0.2, 0.25) is 0 Å². The summed E-state index contributed by atoms with van der Waals surface area (Å²) in [7, 11) is 0. The molecule has 3 aromatic rings. The van der Waals surface area contributed by atoms with Crippen molar-refractivity contribution in [3.05, 3.63) is 66.1 Å². The first-order chi connectivity index (χ1) is 12.8. The number of nitrogens with zero attached hydrogens (tertiary/aromatic N) is 2. The van der Waals surface area contributed by atoms with Crippen LogP contribution in [0.25, 0.3) is 5.65 Å². The van der Waals surface area contributed by atoms with Gasteiger partial charge >= 0.3 is 5.97 Å². The maximum atomic E-state index is 12.2. The van der Waals surface area contributed by atoms with E-state index in [1.165, 1.54) is 0 Å². The Kier molecular flexibility index (Phi) is 4.84. The van der Waals surface area contributed by atoms with Gasteiger partial charge < -0.3 is 18.6 Å². The van der Waals surface area contributed by atoms with E-state index >= 15 is 0 Å². The number of benzene rings is 1. The average molecular weight is 352 g/mol. The van der Waals surface area contributed by atoms with Gasteiger partial charge in [-0.3, -0.25) is 0 Å². The fourth-order valence-electron chi connectivity index (χ4n) is 2.93. The summed E-state index contributed by atoms with van der Waals surface area (Å²) < 4.78 is 18.5. The Morgan fingerprint density at radius 2 is 2.12 bits per heavy atom. The minimum atomic E-state index is -0.382. The minimum Gasteiger partial charge on any atom is -0.491 e. The monoisotopic (exact) mass is 352 g/mol. The van der Waals surface area contributed by atoms with Crippen molar-refractivity contribution in [1.82, 2.24) is 9.38 Å². The van der Waals surface area contributed by atoms with Crippen molar-refractivity contribution in [2.75, 3.05) is 13.2 Å². The topological polar surface area (TPSA) is 62.1 Å². The van der Waals surface area contributed by atoms with Gasteiger partial charge in [-0.25, -0.2) is 9.78 Å². The molecule has 0 radical (unpaired) electrons. The van der Waals surface area contributed by atoms with Crippen LogP contribution in [0.5, 0.6) is 5.75 Å². The number of fused-ring (bicyclic) bond motifs is 1. The van der Waals surface area contributed by atoms with Crippen LogP contribution >= 0.6 is 0 Å². The standard InChI is InChI=1S/C20H20N2O4/c23-20(26-13-16-12-22-10-2-1-5-19(22)21-16)15-6-8-17(9-7-15)25-14-18-4-3-11-24-18/h1-2,5-10,12,18H,3-4,11,13-14H2. The van der Waals surface area contributed by atoms with Gasteiger partial charge in [-0.2, -0.15) is 0 Å². The lowest BCUT2D eigenvalue weighted by molar-refractivity contribution is 0.0468. The number of imidazole rings is 1. The van der Waals surface area contributed by atoms with Crippen molar-refractivity contribution in [2.24, 2.45) is 0 Å². The zero-order chi connectivity index (χ0) is 17.8. The highest BCUT2D eigenvalue weighted by Crippen LogP contribution is 2.17. The number of pyridine rings is 1. The summed E-state index contributed by atoms with van der Waals surface area (Å²) in [6.07, 6.45) is 6.05. The second kappa shape index (κ2) is 7.58. The number of rotatable bonds is 6. The first kappa shape index (κ1) is 16.6. The molecule has 0 N–H and O–H groups in total. The number of esters is 1. The second-order valence-corrected chi connectivity index (χ2v) is 6.24. The van der Waals surface area contributed by atoms with E-state index in [-0.39, 0.29) is 18.7 Å². The summed E-state index contributed by atoms with van der Waals surface area (Å²) in [5, 5.41) is 0. The highest BCUT2D eigenvalue weighted by atomic mass is 16.5. The summed E-state index contributed by atoms with van der Waals surface area (Å²) in [4.78, 5) is 16.6. The summed E-state index contributed by atoms with van der Waals surface area (Å²) in [6.45, 7) is 1.49. The third-order valence-corrected chi connectivity index (χ3v) is 4.31. The van der Waals surface area contributed by atoms with Gasteiger partial charge in [0.05, 0.1) is 17.4 Å². The molecular weight excluding hydrogens is 332 g/mol. The van der Waals surface area contributed by atoms with E-state index in [1.807, 2.05) is 35.0 Å². The van der Waals surface area contributed by atoms with Gasteiger partial charge in [0.15, 0.2) is 0 Å². The molecule has 0 aliphatic carbocycles. The molecule has 0 bridgehead atoms. The number of ether oxygens (including phenoxy) is 3. The molecule has 6 nitrogen and oxygen atoms in total. The number of aromatic nitrogens is 2. The predicted octanol–water partition coefficient (Wildman–Crippen LogP) is 3.25. The summed E-state index contributed by atoms with van der Waals surface area (Å²) in [5.74, 6) is 0.338. The van der Waals surface area contributed by atoms with Crippen molar-refractivity contribution in [3.8, 4) is 5.75 Å². The van der Waals surface area contributed by atoms with Crippen LogP contribution < -0.4 is 4.74 Å². The van der Waals surface area contributed by atoms with Crippen molar-refractivity contribution in [1.29, 1.82) is 0 Å². The van der Waals surface area contributed by atoms with Crippen LogP contribution in [-0.4, -0.2) is 34.7 Å². The zero-order valence-electron chi connectivity index (χ0n) is 14.3. The lowest BCUT2D eigenvalue weighted by atomic mass is 10.2.